The molecule has 4 heteroatoms. The molecule has 2 N–H and O–H groups in total. The first kappa shape index (κ1) is 13.1. The van der Waals surface area contributed by atoms with E-state index in [2.05, 4.69) is 4.90 Å². The molecule has 1 heterocycles. The van der Waals surface area contributed by atoms with Gasteiger partial charge < -0.3 is 15.4 Å². The molecule has 0 aromatic heterocycles. The van der Waals surface area contributed by atoms with Crippen LogP contribution in [0.3, 0.4) is 0 Å². The molecule has 1 aromatic carbocycles. The second-order valence-corrected chi connectivity index (χ2v) is 6.22. The van der Waals surface area contributed by atoms with Gasteiger partial charge in [0.15, 0.2) is 0 Å². The quantitative estimate of drug-likeness (QED) is 0.781. The number of nitrogen functional groups attached to an aromatic ring is 1. The van der Waals surface area contributed by atoms with Crippen LogP contribution in [0, 0.1) is 5.82 Å². The van der Waals surface area contributed by atoms with E-state index in [4.69, 9.17) is 10.5 Å². The van der Waals surface area contributed by atoms with Crippen molar-refractivity contribution in [3.05, 3.63) is 24.0 Å². The predicted octanol–water partition coefficient (Wildman–Crippen LogP) is 2.80. The molecule has 0 radical (unpaired) electrons. The summed E-state index contributed by atoms with van der Waals surface area (Å²) in [5.74, 6) is -0.299. The fraction of sp³-hybridized carbons (Fsp3) is 0.571. The normalized spacial score (nSPS) is 21.9. The van der Waals surface area contributed by atoms with E-state index in [-0.39, 0.29) is 17.0 Å². The molecule has 3 nitrogen and oxygen atoms in total. The number of hydrogen-bond acceptors (Lipinski definition) is 3. The number of anilines is 2. The van der Waals surface area contributed by atoms with E-state index < -0.39 is 0 Å². The molecule has 100 valence electrons. The zero-order valence-electron chi connectivity index (χ0n) is 11.5. The summed E-state index contributed by atoms with van der Waals surface area (Å²) in [4.78, 5) is 2.13. The summed E-state index contributed by atoms with van der Waals surface area (Å²) in [5, 5.41) is 0. The molecule has 1 aromatic rings. The van der Waals surface area contributed by atoms with Crippen LogP contribution in [-0.4, -0.2) is 24.3 Å². The van der Waals surface area contributed by atoms with E-state index in [0.717, 1.165) is 18.8 Å². The van der Waals surface area contributed by atoms with E-state index in [1.807, 2.05) is 27.7 Å². The first-order valence-corrected chi connectivity index (χ1v) is 6.18. The monoisotopic (exact) mass is 252 g/mol. The second kappa shape index (κ2) is 4.12. The summed E-state index contributed by atoms with van der Waals surface area (Å²) in [5.41, 5.74) is 6.45. The van der Waals surface area contributed by atoms with E-state index in [1.165, 1.54) is 12.1 Å². The van der Waals surface area contributed by atoms with Crippen LogP contribution in [0.4, 0.5) is 15.8 Å². The first-order valence-electron chi connectivity index (χ1n) is 6.18. The average molecular weight is 252 g/mol. The third-order valence-electron chi connectivity index (χ3n) is 2.97. The maximum absolute atomic E-state index is 13.4. The van der Waals surface area contributed by atoms with Gasteiger partial charge in [-0.2, -0.15) is 0 Å². The molecule has 2 rings (SSSR count). The Hall–Kier alpha value is -1.29. The fourth-order valence-electron chi connectivity index (χ4n) is 2.75. The molecule has 0 unspecified atom stereocenters. The second-order valence-electron chi connectivity index (χ2n) is 6.22. The van der Waals surface area contributed by atoms with Crippen LogP contribution in [0.5, 0.6) is 0 Å². The van der Waals surface area contributed by atoms with E-state index in [0.29, 0.717) is 5.69 Å². The van der Waals surface area contributed by atoms with Crippen molar-refractivity contribution in [3.63, 3.8) is 0 Å². The largest absolute Gasteiger partial charge is 0.399 e. The molecule has 0 saturated carbocycles. The molecule has 1 aliphatic rings. The Bertz CT molecular complexity index is 421. The molecule has 0 spiro atoms. The van der Waals surface area contributed by atoms with Gasteiger partial charge in [-0.3, -0.25) is 0 Å². The Labute approximate surface area is 108 Å². The summed E-state index contributed by atoms with van der Waals surface area (Å²) in [7, 11) is 0. The Kier molecular flexibility index (Phi) is 3.01. The maximum Gasteiger partial charge on any atom is 0.127 e. The molecule has 0 bridgehead atoms. The Morgan fingerprint density at radius 1 is 1.11 bits per heavy atom. The van der Waals surface area contributed by atoms with Crippen molar-refractivity contribution in [2.24, 2.45) is 0 Å². The lowest BCUT2D eigenvalue weighted by atomic mass is 9.98. The Morgan fingerprint density at radius 2 is 1.67 bits per heavy atom. The SMILES string of the molecule is CC1(C)CN(c2cc(N)cc(F)c2)CC(C)(C)O1. The molecule has 0 atom stereocenters. The van der Waals surface area contributed by atoms with Crippen molar-refractivity contribution >= 4 is 11.4 Å². The third-order valence-corrected chi connectivity index (χ3v) is 2.97. The minimum atomic E-state index is -0.299. The van der Waals surface area contributed by atoms with Crippen LogP contribution in [0.2, 0.25) is 0 Å². The van der Waals surface area contributed by atoms with Crippen molar-refractivity contribution in [1.82, 2.24) is 0 Å². The average Bonchev–Trinajstić information content (AvgIpc) is 2.10. The van der Waals surface area contributed by atoms with Crippen LogP contribution < -0.4 is 10.6 Å². The van der Waals surface area contributed by atoms with Crippen molar-refractivity contribution in [2.75, 3.05) is 23.7 Å². The topological polar surface area (TPSA) is 38.5 Å². The molecule has 0 aliphatic carbocycles. The lowest BCUT2D eigenvalue weighted by Gasteiger charge is -2.48. The number of nitrogens with zero attached hydrogens (tertiary/aromatic N) is 1. The summed E-state index contributed by atoms with van der Waals surface area (Å²) >= 11 is 0. The number of benzene rings is 1. The van der Waals surface area contributed by atoms with Crippen LogP contribution in [0.15, 0.2) is 18.2 Å². The summed E-state index contributed by atoms with van der Waals surface area (Å²) in [6, 6.07) is 4.66. The highest BCUT2D eigenvalue weighted by Crippen LogP contribution is 2.32. The highest BCUT2D eigenvalue weighted by molar-refractivity contribution is 5.57. The van der Waals surface area contributed by atoms with E-state index in [1.54, 1.807) is 6.07 Å². The van der Waals surface area contributed by atoms with Crippen LogP contribution in [-0.2, 0) is 4.74 Å². The minimum absolute atomic E-state index is 0.261. The summed E-state index contributed by atoms with van der Waals surface area (Å²) in [6.45, 7) is 9.62. The van der Waals surface area contributed by atoms with Gasteiger partial charge in [-0.05, 0) is 45.9 Å². The van der Waals surface area contributed by atoms with Gasteiger partial charge in [-0.25, -0.2) is 4.39 Å². The Balaban J connectivity index is 2.32. The number of hydrogen-bond donors (Lipinski definition) is 1. The van der Waals surface area contributed by atoms with E-state index >= 15 is 0 Å². The number of ether oxygens (including phenoxy) is 1. The lowest BCUT2D eigenvalue weighted by Crippen LogP contribution is -2.57. The zero-order valence-corrected chi connectivity index (χ0v) is 11.5. The maximum atomic E-state index is 13.4. The molecule has 18 heavy (non-hydrogen) atoms. The van der Waals surface area contributed by atoms with Gasteiger partial charge in [0.1, 0.15) is 5.82 Å². The van der Waals surface area contributed by atoms with Crippen LogP contribution >= 0.6 is 0 Å². The van der Waals surface area contributed by atoms with Crippen molar-refractivity contribution < 1.29 is 9.13 Å². The standard InChI is InChI=1S/C14H21FN2O/c1-13(2)8-17(9-14(3,4)18-13)12-6-10(15)5-11(16)7-12/h5-7H,8-9,16H2,1-4H3. The summed E-state index contributed by atoms with van der Waals surface area (Å²) < 4.78 is 19.4. The van der Waals surface area contributed by atoms with E-state index in [9.17, 15) is 4.39 Å². The highest BCUT2D eigenvalue weighted by atomic mass is 19.1. The van der Waals surface area contributed by atoms with Crippen molar-refractivity contribution in [1.29, 1.82) is 0 Å². The Morgan fingerprint density at radius 3 is 2.17 bits per heavy atom. The molecule has 1 fully saturated rings. The third kappa shape index (κ3) is 2.93. The fourth-order valence-corrected chi connectivity index (χ4v) is 2.75. The zero-order chi connectivity index (χ0) is 13.6. The first-order chi connectivity index (χ1) is 8.17. The number of halogens is 1. The molecule has 1 saturated heterocycles. The summed E-state index contributed by atoms with van der Waals surface area (Å²) in [6.07, 6.45) is 0. The highest BCUT2D eigenvalue weighted by Gasteiger charge is 2.38. The molecule has 0 amide bonds. The number of nitrogens with two attached hydrogens (primary N) is 1. The van der Waals surface area contributed by atoms with Gasteiger partial charge in [0, 0.05) is 24.5 Å². The lowest BCUT2D eigenvalue weighted by molar-refractivity contribution is -0.133. The van der Waals surface area contributed by atoms with Crippen molar-refractivity contribution in [3.8, 4) is 0 Å². The van der Waals surface area contributed by atoms with Gasteiger partial charge in [0.25, 0.3) is 0 Å². The smallest absolute Gasteiger partial charge is 0.127 e. The number of morpholine rings is 1. The molecular formula is C14H21FN2O. The van der Waals surface area contributed by atoms with Crippen LogP contribution in [0.1, 0.15) is 27.7 Å². The van der Waals surface area contributed by atoms with Crippen LogP contribution in [0.25, 0.3) is 0 Å². The van der Waals surface area contributed by atoms with Gasteiger partial charge in [-0.15, -0.1) is 0 Å². The minimum Gasteiger partial charge on any atom is -0.399 e. The molecular weight excluding hydrogens is 231 g/mol. The van der Waals surface area contributed by atoms with Gasteiger partial charge in [-0.1, -0.05) is 0 Å². The van der Waals surface area contributed by atoms with Crippen molar-refractivity contribution in [2.45, 2.75) is 38.9 Å². The van der Waals surface area contributed by atoms with Gasteiger partial charge >= 0.3 is 0 Å². The van der Waals surface area contributed by atoms with Gasteiger partial charge in [0.2, 0.25) is 0 Å². The predicted molar refractivity (Wildman–Crippen MR) is 72.3 cm³/mol. The molecule has 1 aliphatic heterocycles. The van der Waals surface area contributed by atoms with Gasteiger partial charge in [0.05, 0.1) is 11.2 Å². The number of rotatable bonds is 1.